The summed E-state index contributed by atoms with van der Waals surface area (Å²) in [6.07, 6.45) is 2.75. The molecule has 6 nitrogen and oxygen atoms in total. The quantitative estimate of drug-likeness (QED) is 0.817. The van der Waals surface area contributed by atoms with E-state index in [0.717, 1.165) is 0 Å². The molecule has 0 radical (unpaired) electrons. The van der Waals surface area contributed by atoms with Crippen LogP contribution in [0, 0.1) is 0 Å². The van der Waals surface area contributed by atoms with E-state index < -0.39 is 11.4 Å². The molecule has 0 aliphatic heterocycles. The second kappa shape index (κ2) is 6.87. The van der Waals surface area contributed by atoms with E-state index >= 15 is 0 Å². The summed E-state index contributed by atoms with van der Waals surface area (Å²) in [6.45, 7) is 5.51. The van der Waals surface area contributed by atoms with Gasteiger partial charge in [-0.1, -0.05) is 12.1 Å². The molecule has 2 rings (SSSR count). The molecule has 0 bridgehead atoms. The molecule has 1 aromatic carbocycles. The zero-order valence-corrected chi connectivity index (χ0v) is 14.7. The Morgan fingerprint density at radius 3 is 2.43 bits per heavy atom. The summed E-state index contributed by atoms with van der Waals surface area (Å²) >= 11 is 3.36. The van der Waals surface area contributed by atoms with Crippen LogP contribution in [0.4, 0.5) is 0 Å². The first-order valence-electron chi connectivity index (χ1n) is 6.97. The van der Waals surface area contributed by atoms with Crippen molar-refractivity contribution in [2.24, 2.45) is 0 Å². The number of amides is 2. The topological polar surface area (TPSA) is 75.2 Å². The molecule has 0 atom stereocenters. The first kappa shape index (κ1) is 17.1. The number of hydrazine groups is 1. The van der Waals surface area contributed by atoms with Crippen molar-refractivity contribution in [1.82, 2.24) is 20.4 Å². The molecule has 23 heavy (non-hydrogen) atoms. The van der Waals surface area contributed by atoms with Crippen molar-refractivity contribution in [3.05, 3.63) is 58.6 Å². The third-order valence-electron chi connectivity index (χ3n) is 3.01. The summed E-state index contributed by atoms with van der Waals surface area (Å²) in [4.78, 5) is 32.8. The molecule has 2 aromatic rings. The number of hydrogen-bond donors (Lipinski definition) is 1. The average molecular weight is 377 g/mol. The van der Waals surface area contributed by atoms with Gasteiger partial charge in [0.2, 0.25) is 0 Å². The number of halogens is 1. The number of carbonyl (C=O) groups excluding carboxylic acids is 2. The molecular formula is C16H17BrN4O2. The zero-order chi connectivity index (χ0) is 17.0. The van der Waals surface area contributed by atoms with Gasteiger partial charge in [0.05, 0.1) is 11.1 Å². The van der Waals surface area contributed by atoms with Crippen molar-refractivity contribution < 1.29 is 9.59 Å². The average Bonchev–Trinajstić information content (AvgIpc) is 2.52. The highest BCUT2D eigenvalue weighted by Gasteiger charge is 2.30. The first-order chi connectivity index (χ1) is 10.8. The number of carbonyl (C=O) groups is 2. The summed E-state index contributed by atoms with van der Waals surface area (Å²) < 4.78 is 0.663. The van der Waals surface area contributed by atoms with Crippen molar-refractivity contribution in [3.8, 4) is 0 Å². The highest BCUT2D eigenvalue weighted by atomic mass is 79.9. The van der Waals surface area contributed by atoms with Crippen LogP contribution in [0.25, 0.3) is 0 Å². The zero-order valence-electron chi connectivity index (χ0n) is 13.1. The van der Waals surface area contributed by atoms with Gasteiger partial charge in [0.1, 0.15) is 12.0 Å². The van der Waals surface area contributed by atoms with Gasteiger partial charge in [0, 0.05) is 10.7 Å². The number of nitrogens with zero attached hydrogens (tertiary/aromatic N) is 3. The van der Waals surface area contributed by atoms with E-state index in [2.05, 4.69) is 31.3 Å². The second-order valence-corrected chi connectivity index (χ2v) is 6.68. The number of hydrogen-bond acceptors (Lipinski definition) is 4. The Morgan fingerprint density at radius 1 is 1.17 bits per heavy atom. The highest BCUT2D eigenvalue weighted by molar-refractivity contribution is 9.10. The Balaban J connectivity index is 2.30. The van der Waals surface area contributed by atoms with E-state index in [1.54, 1.807) is 18.2 Å². The molecule has 0 aliphatic rings. The van der Waals surface area contributed by atoms with Crippen molar-refractivity contribution in [3.63, 3.8) is 0 Å². The van der Waals surface area contributed by atoms with Gasteiger partial charge in [-0.2, -0.15) is 0 Å². The largest absolute Gasteiger partial charge is 0.288 e. The Labute approximate surface area is 143 Å². The number of benzene rings is 1. The molecule has 1 heterocycles. The maximum atomic E-state index is 12.8. The van der Waals surface area contributed by atoms with Crippen LogP contribution in [-0.4, -0.2) is 32.3 Å². The molecule has 1 aromatic heterocycles. The molecule has 0 spiro atoms. The summed E-state index contributed by atoms with van der Waals surface area (Å²) in [5.74, 6) is -0.782. The van der Waals surface area contributed by atoms with Gasteiger partial charge in [-0.25, -0.2) is 15.0 Å². The molecule has 0 aliphatic carbocycles. The SMILES string of the molecule is CC(C)(C)N(NC(=O)c1ccncn1)C(=O)c1ccccc1Br. The Bertz CT molecular complexity index is 714. The van der Waals surface area contributed by atoms with E-state index in [1.807, 2.05) is 26.8 Å². The van der Waals surface area contributed by atoms with Crippen molar-refractivity contribution >= 4 is 27.7 Å². The Hall–Kier alpha value is -2.28. The molecule has 0 unspecified atom stereocenters. The number of nitrogens with one attached hydrogen (secondary N) is 1. The van der Waals surface area contributed by atoms with Crippen molar-refractivity contribution in [1.29, 1.82) is 0 Å². The van der Waals surface area contributed by atoms with Crippen LogP contribution >= 0.6 is 15.9 Å². The standard InChI is InChI=1S/C16H17BrN4O2/c1-16(2,3)21(15(23)11-6-4-5-7-12(11)17)20-14(22)13-8-9-18-10-19-13/h4-10H,1-3H3,(H,20,22). The van der Waals surface area contributed by atoms with Crippen LogP contribution < -0.4 is 5.43 Å². The fourth-order valence-corrected chi connectivity index (χ4v) is 2.32. The molecule has 1 N–H and O–H groups in total. The predicted molar refractivity (Wildman–Crippen MR) is 89.6 cm³/mol. The maximum absolute atomic E-state index is 12.8. The molecule has 7 heteroatoms. The van der Waals surface area contributed by atoms with E-state index in [4.69, 9.17) is 0 Å². The Morgan fingerprint density at radius 2 is 1.87 bits per heavy atom. The van der Waals surface area contributed by atoms with Gasteiger partial charge in [0.25, 0.3) is 11.8 Å². The van der Waals surface area contributed by atoms with Crippen molar-refractivity contribution in [2.45, 2.75) is 26.3 Å². The van der Waals surface area contributed by atoms with E-state index in [9.17, 15) is 9.59 Å². The lowest BCUT2D eigenvalue weighted by Gasteiger charge is -2.35. The van der Waals surface area contributed by atoms with E-state index in [-0.39, 0.29) is 11.6 Å². The van der Waals surface area contributed by atoms with Crippen LogP contribution in [-0.2, 0) is 0 Å². The summed E-state index contributed by atoms with van der Waals surface area (Å²) in [7, 11) is 0. The highest BCUT2D eigenvalue weighted by Crippen LogP contribution is 2.21. The third-order valence-corrected chi connectivity index (χ3v) is 3.70. The number of aromatic nitrogens is 2. The summed E-state index contributed by atoms with van der Waals surface area (Å²) in [6, 6.07) is 8.55. The molecule has 2 amide bonds. The summed E-state index contributed by atoms with van der Waals surface area (Å²) in [5, 5.41) is 1.30. The molecule has 0 saturated heterocycles. The lowest BCUT2D eigenvalue weighted by Crippen LogP contribution is -2.56. The third kappa shape index (κ3) is 4.13. The minimum absolute atomic E-state index is 0.189. The van der Waals surface area contributed by atoms with Gasteiger partial charge < -0.3 is 0 Å². The van der Waals surface area contributed by atoms with Crippen LogP contribution in [0.5, 0.6) is 0 Å². The monoisotopic (exact) mass is 376 g/mol. The second-order valence-electron chi connectivity index (χ2n) is 5.83. The molecule has 0 saturated carbocycles. The van der Waals surface area contributed by atoms with Gasteiger partial charge in [-0.3, -0.25) is 15.0 Å². The normalized spacial score (nSPS) is 11.0. The predicted octanol–water partition coefficient (Wildman–Crippen LogP) is 2.82. The van der Waals surface area contributed by atoms with Gasteiger partial charge >= 0.3 is 0 Å². The van der Waals surface area contributed by atoms with E-state index in [0.29, 0.717) is 10.0 Å². The Kier molecular flexibility index (Phi) is 5.10. The summed E-state index contributed by atoms with van der Waals surface area (Å²) in [5.41, 5.74) is 2.67. The van der Waals surface area contributed by atoms with Gasteiger partial charge in [-0.05, 0) is 54.9 Å². The van der Waals surface area contributed by atoms with E-state index in [1.165, 1.54) is 23.6 Å². The molecule has 0 fully saturated rings. The number of rotatable bonds is 2. The van der Waals surface area contributed by atoms with Crippen molar-refractivity contribution in [2.75, 3.05) is 0 Å². The molecule has 120 valence electrons. The maximum Gasteiger partial charge on any atom is 0.288 e. The van der Waals surface area contributed by atoms with Crippen LogP contribution in [0.3, 0.4) is 0 Å². The minimum atomic E-state index is -0.616. The first-order valence-corrected chi connectivity index (χ1v) is 7.76. The fraction of sp³-hybridized carbons (Fsp3) is 0.250. The lowest BCUT2D eigenvalue weighted by molar-refractivity contribution is 0.0356. The van der Waals surface area contributed by atoms with Gasteiger partial charge in [-0.15, -0.1) is 0 Å². The molecular weight excluding hydrogens is 360 g/mol. The minimum Gasteiger partial charge on any atom is -0.267 e. The van der Waals surface area contributed by atoms with Crippen LogP contribution in [0.1, 0.15) is 41.6 Å². The fourth-order valence-electron chi connectivity index (χ4n) is 1.86. The van der Waals surface area contributed by atoms with Gasteiger partial charge in [0.15, 0.2) is 0 Å². The van der Waals surface area contributed by atoms with Crippen LogP contribution in [0.2, 0.25) is 0 Å². The van der Waals surface area contributed by atoms with Crippen LogP contribution in [0.15, 0.2) is 47.3 Å². The lowest BCUT2D eigenvalue weighted by atomic mass is 10.1. The smallest absolute Gasteiger partial charge is 0.267 e.